The summed E-state index contributed by atoms with van der Waals surface area (Å²) in [5.41, 5.74) is 5.08. The van der Waals surface area contributed by atoms with Crippen molar-refractivity contribution >= 4 is 5.91 Å². The van der Waals surface area contributed by atoms with E-state index >= 15 is 0 Å². The predicted octanol–water partition coefficient (Wildman–Crippen LogP) is 3.22. The van der Waals surface area contributed by atoms with Crippen LogP contribution in [-0.2, 0) is 6.18 Å². The molecule has 8 heteroatoms. The highest BCUT2D eigenvalue weighted by Crippen LogP contribution is 2.30. The zero-order chi connectivity index (χ0) is 18.4. The lowest BCUT2D eigenvalue weighted by atomic mass is 10.1. The molecule has 0 aliphatic heterocycles. The molecule has 0 saturated heterocycles. The highest BCUT2D eigenvalue weighted by atomic mass is 19.4. The van der Waals surface area contributed by atoms with Gasteiger partial charge in [-0.25, -0.2) is 4.98 Å². The summed E-state index contributed by atoms with van der Waals surface area (Å²) in [6, 6.07) is 8.23. The second-order valence-electron chi connectivity index (χ2n) is 5.56. The number of amides is 1. The Morgan fingerprint density at radius 2 is 1.92 bits per heavy atom. The quantitative estimate of drug-likeness (QED) is 0.836. The number of pyridine rings is 1. The molecular weight excluding hydrogens is 335 g/mol. The van der Waals surface area contributed by atoms with E-state index in [1.54, 1.807) is 24.3 Å². The minimum atomic E-state index is -4.44. The van der Waals surface area contributed by atoms with Gasteiger partial charge in [0.1, 0.15) is 5.75 Å². The van der Waals surface area contributed by atoms with Crippen LogP contribution < -0.4 is 15.8 Å². The van der Waals surface area contributed by atoms with Gasteiger partial charge in [0.25, 0.3) is 5.91 Å². The molecule has 25 heavy (non-hydrogen) atoms. The van der Waals surface area contributed by atoms with Gasteiger partial charge in [0.05, 0.1) is 5.56 Å². The van der Waals surface area contributed by atoms with Crippen LogP contribution in [0.25, 0.3) is 0 Å². The van der Waals surface area contributed by atoms with Crippen LogP contribution in [0.4, 0.5) is 13.2 Å². The van der Waals surface area contributed by atoms with Gasteiger partial charge in [0.15, 0.2) is 0 Å². The number of nitrogens with zero attached hydrogens (tertiary/aromatic N) is 1. The summed E-state index contributed by atoms with van der Waals surface area (Å²) >= 11 is 0. The molecule has 1 aromatic heterocycles. The van der Waals surface area contributed by atoms with E-state index in [1.807, 2.05) is 6.92 Å². The highest BCUT2D eigenvalue weighted by molar-refractivity contribution is 5.94. The Hall–Kier alpha value is -2.61. The SMILES string of the molecule is CC(CN)CNC(=O)c1ccc(Oc2ccc(C(F)(F)F)cn2)cc1. The van der Waals surface area contributed by atoms with Gasteiger partial charge in [-0.05, 0) is 42.8 Å². The van der Waals surface area contributed by atoms with E-state index < -0.39 is 11.7 Å². The molecule has 0 bridgehead atoms. The Labute approximate surface area is 143 Å². The molecule has 1 heterocycles. The molecule has 0 fully saturated rings. The van der Waals surface area contributed by atoms with E-state index in [1.165, 1.54) is 0 Å². The van der Waals surface area contributed by atoms with Gasteiger partial charge in [-0.3, -0.25) is 4.79 Å². The molecule has 1 amide bonds. The van der Waals surface area contributed by atoms with Crippen molar-refractivity contribution in [1.29, 1.82) is 0 Å². The summed E-state index contributed by atoms with van der Waals surface area (Å²) in [6.07, 6.45) is -3.74. The van der Waals surface area contributed by atoms with Crippen LogP contribution in [-0.4, -0.2) is 24.0 Å². The molecule has 5 nitrogen and oxygen atoms in total. The second kappa shape index (κ2) is 7.98. The highest BCUT2D eigenvalue weighted by Gasteiger charge is 2.30. The van der Waals surface area contributed by atoms with Crippen molar-refractivity contribution in [2.24, 2.45) is 11.7 Å². The van der Waals surface area contributed by atoms with Crippen LogP contribution in [0.3, 0.4) is 0 Å². The van der Waals surface area contributed by atoms with Gasteiger partial charge in [0.2, 0.25) is 5.88 Å². The first kappa shape index (κ1) is 18.7. The molecule has 0 spiro atoms. The van der Waals surface area contributed by atoms with Crippen molar-refractivity contribution in [1.82, 2.24) is 10.3 Å². The smallest absolute Gasteiger partial charge is 0.417 e. The fourth-order valence-corrected chi connectivity index (χ4v) is 1.86. The number of aromatic nitrogens is 1. The lowest BCUT2D eigenvalue weighted by Crippen LogP contribution is -2.31. The van der Waals surface area contributed by atoms with Crippen molar-refractivity contribution in [2.75, 3.05) is 13.1 Å². The lowest BCUT2D eigenvalue weighted by molar-refractivity contribution is -0.137. The fourth-order valence-electron chi connectivity index (χ4n) is 1.86. The number of carbonyl (C=O) groups excluding carboxylic acids is 1. The van der Waals surface area contributed by atoms with Gasteiger partial charge >= 0.3 is 6.18 Å². The number of ether oxygens (including phenoxy) is 1. The largest absolute Gasteiger partial charge is 0.439 e. The lowest BCUT2D eigenvalue weighted by Gasteiger charge is -2.11. The van der Waals surface area contributed by atoms with Crippen molar-refractivity contribution in [3.05, 3.63) is 53.7 Å². The molecule has 1 atom stereocenters. The second-order valence-corrected chi connectivity index (χ2v) is 5.56. The Kier molecular flexibility index (Phi) is 5.97. The minimum Gasteiger partial charge on any atom is -0.439 e. The predicted molar refractivity (Wildman–Crippen MR) is 86.3 cm³/mol. The third kappa shape index (κ3) is 5.46. The van der Waals surface area contributed by atoms with Crippen LogP contribution in [0.2, 0.25) is 0 Å². The first-order chi connectivity index (χ1) is 11.8. The third-order valence-electron chi connectivity index (χ3n) is 3.42. The Morgan fingerprint density at radius 3 is 2.44 bits per heavy atom. The van der Waals surface area contributed by atoms with Crippen molar-refractivity contribution in [3.63, 3.8) is 0 Å². The van der Waals surface area contributed by atoms with Gasteiger partial charge < -0.3 is 15.8 Å². The molecule has 2 aromatic rings. The Morgan fingerprint density at radius 1 is 1.24 bits per heavy atom. The third-order valence-corrected chi connectivity index (χ3v) is 3.42. The van der Waals surface area contributed by atoms with E-state index in [9.17, 15) is 18.0 Å². The summed E-state index contributed by atoms with van der Waals surface area (Å²) in [5, 5.41) is 2.76. The number of benzene rings is 1. The molecule has 1 aromatic carbocycles. The monoisotopic (exact) mass is 353 g/mol. The average Bonchev–Trinajstić information content (AvgIpc) is 2.59. The molecule has 0 radical (unpaired) electrons. The number of alkyl halides is 3. The molecule has 2 rings (SSSR count). The molecule has 0 aliphatic rings. The fraction of sp³-hybridized carbons (Fsp3) is 0.294. The van der Waals surface area contributed by atoms with Gasteiger partial charge in [-0.1, -0.05) is 6.92 Å². The summed E-state index contributed by atoms with van der Waals surface area (Å²) in [4.78, 5) is 15.6. The van der Waals surface area contributed by atoms with Crippen molar-refractivity contribution in [2.45, 2.75) is 13.1 Å². The zero-order valence-corrected chi connectivity index (χ0v) is 13.5. The van der Waals surface area contributed by atoms with Crippen LogP contribution in [0.5, 0.6) is 11.6 Å². The number of hydrogen-bond donors (Lipinski definition) is 2. The molecule has 1 unspecified atom stereocenters. The average molecular weight is 353 g/mol. The van der Waals surface area contributed by atoms with E-state index in [2.05, 4.69) is 10.3 Å². The molecule has 0 aliphatic carbocycles. The van der Waals surface area contributed by atoms with E-state index in [-0.39, 0.29) is 17.7 Å². The van der Waals surface area contributed by atoms with E-state index in [4.69, 9.17) is 10.5 Å². The summed E-state index contributed by atoms with van der Waals surface area (Å²) in [7, 11) is 0. The van der Waals surface area contributed by atoms with Crippen LogP contribution in [0.1, 0.15) is 22.8 Å². The first-order valence-corrected chi connectivity index (χ1v) is 7.59. The van der Waals surface area contributed by atoms with Crippen LogP contribution in [0, 0.1) is 5.92 Å². The molecule has 134 valence electrons. The standard InChI is InChI=1S/C17H18F3N3O2/c1-11(8-21)9-23-16(24)12-2-5-14(6-3-12)25-15-7-4-13(10-22-15)17(18,19)20/h2-7,10-11H,8-9,21H2,1H3,(H,23,24). The number of hydrogen-bond acceptors (Lipinski definition) is 4. The Balaban J connectivity index is 1.97. The molecule has 0 saturated carbocycles. The van der Waals surface area contributed by atoms with Gasteiger partial charge in [-0.15, -0.1) is 0 Å². The number of nitrogens with one attached hydrogen (secondary N) is 1. The van der Waals surface area contributed by atoms with Gasteiger partial charge in [0, 0.05) is 24.4 Å². The van der Waals surface area contributed by atoms with Crippen molar-refractivity contribution in [3.8, 4) is 11.6 Å². The normalized spacial score (nSPS) is 12.5. The maximum absolute atomic E-state index is 12.5. The number of rotatable bonds is 6. The Bertz CT molecular complexity index is 701. The van der Waals surface area contributed by atoms with Crippen LogP contribution >= 0.6 is 0 Å². The van der Waals surface area contributed by atoms with Gasteiger partial charge in [-0.2, -0.15) is 13.2 Å². The summed E-state index contributed by atoms with van der Waals surface area (Å²) in [6.45, 7) is 2.88. The summed E-state index contributed by atoms with van der Waals surface area (Å²) < 4.78 is 42.8. The maximum Gasteiger partial charge on any atom is 0.417 e. The van der Waals surface area contributed by atoms with Crippen molar-refractivity contribution < 1.29 is 22.7 Å². The topological polar surface area (TPSA) is 77.2 Å². The molecular formula is C17H18F3N3O2. The van der Waals surface area contributed by atoms with E-state index in [0.717, 1.165) is 12.1 Å². The molecule has 3 N–H and O–H groups in total. The number of nitrogens with two attached hydrogens (primary N) is 1. The van der Waals surface area contributed by atoms with Crippen LogP contribution in [0.15, 0.2) is 42.6 Å². The number of halogens is 3. The minimum absolute atomic E-state index is 0.0296. The number of carbonyl (C=O) groups is 1. The maximum atomic E-state index is 12.5. The van der Waals surface area contributed by atoms with E-state index in [0.29, 0.717) is 30.6 Å². The summed E-state index contributed by atoms with van der Waals surface area (Å²) in [5.74, 6) is 0.331. The zero-order valence-electron chi connectivity index (χ0n) is 13.5. The first-order valence-electron chi connectivity index (χ1n) is 7.59.